The molecule has 144 valence electrons. The van der Waals surface area contributed by atoms with E-state index in [0.717, 1.165) is 42.4 Å². The number of ketones is 1. The number of Topliss-reactive ketones (excluding diaryl/α,β-unsaturated/α-hetero) is 1. The summed E-state index contributed by atoms with van der Waals surface area (Å²) in [6.07, 6.45) is 5.26. The molecule has 2 atom stereocenters. The molecule has 0 radical (unpaired) electrons. The van der Waals surface area contributed by atoms with Crippen LogP contribution < -0.4 is 10.2 Å². The third-order valence-corrected chi connectivity index (χ3v) is 5.59. The van der Waals surface area contributed by atoms with E-state index < -0.39 is 6.04 Å². The molecule has 6 heteroatoms. The number of nitrogens with zero attached hydrogens (tertiary/aromatic N) is 2. The van der Waals surface area contributed by atoms with Gasteiger partial charge in [0.1, 0.15) is 0 Å². The van der Waals surface area contributed by atoms with Crippen molar-refractivity contribution in [2.45, 2.75) is 58.5 Å². The first-order valence-corrected chi connectivity index (χ1v) is 9.95. The van der Waals surface area contributed by atoms with Gasteiger partial charge in [0.2, 0.25) is 0 Å². The average molecular weight is 388 g/mol. The highest BCUT2D eigenvalue weighted by Gasteiger charge is 2.26. The van der Waals surface area contributed by atoms with Gasteiger partial charge in [-0.05, 0) is 44.9 Å². The monoisotopic (exact) mass is 387 g/mol. The molecule has 1 saturated heterocycles. The second-order valence-electron chi connectivity index (χ2n) is 7.33. The summed E-state index contributed by atoms with van der Waals surface area (Å²) >= 11 is 6.48. The van der Waals surface area contributed by atoms with Gasteiger partial charge < -0.3 is 10.2 Å². The second-order valence-corrected chi connectivity index (χ2v) is 7.74. The van der Waals surface area contributed by atoms with Crippen molar-refractivity contribution >= 4 is 39.9 Å². The van der Waals surface area contributed by atoms with Crippen molar-refractivity contribution in [2.75, 3.05) is 11.4 Å². The number of anilines is 1. The fourth-order valence-electron chi connectivity index (χ4n) is 3.38. The largest absolute Gasteiger partial charge is 0.367 e. The molecule has 2 heterocycles. The minimum atomic E-state index is -0.452. The molecule has 27 heavy (non-hydrogen) atoms. The lowest BCUT2D eigenvalue weighted by atomic mass is 10.0. The second kappa shape index (κ2) is 8.26. The van der Waals surface area contributed by atoms with Crippen LogP contribution in [0.5, 0.6) is 0 Å². The number of aromatic nitrogens is 1. The maximum atomic E-state index is 12.6. The number of hydrogen-bond acceptors (Lipinski definition) is 4. The van der Waals surface area contributed by atoms with Gasteiger partial charge in [-0.1, -0.05) is 31.4 Å². The molecule has 1 amide bonds. The fraction of sp³-hybridized carbons (Fsp3) is 0.476. The van der Waals surface area contributed by atoms with Gasteiger partial charge in [-0.2, -0.15) is 0 Å². The van der Waals surface area contributed by atoms with E-state index in [1.54, 1.807) is 12.3 Å². The predicted octanol–water partition coefficient (Wildman–Crippen LogP) is 4.36. The molecule has 1 aliphatic rings. The van der Waals surface area contributed by atoms with Crippen LogP contribution in [0.1, 0.15) is 56.8 Å². The number of unbranched alkanes of at least 4 members (excludes halogenated alkanes) is 1. The van der Waals surface area contributed by atoms with Crippen LogP contribution in [0.15, 0.2) is 24.4 Å². The van der Waals surface area contributed by atoms with Crippen LogP contribution in [0, 0.1) is 0 Å². The zero-order valence-corrected chi connectivity index (χ0v) is 16.8. The normalized spacial score (nSPS) is 17.5. The number of nitrogens with one attached hydrogen (secondary N) is 1. The Labute approximate surface area is 165 Å². The van der Waals surface area contributed by atoms with Crippen LogP contribution in [0.3, 0.4) is 0 Å². The number of carbonyl (C=O) groups excluding carboxylic acids is 2. The Morgan fingerprint density at radius 1 is 1.37 bits per heavy atom. The fourth-order valence-corrected chi connectivity index (χ4v) is 3.66. The molecule has 3 rings (SSSR count). The van der Waals surface area contributed by atoms with E-state index >= 15 is 0 Å². The van der Waals surface area contributed by atoms with Gasteiger partial charge in [-0.15, -0.1) is 0 Å². The molecule has 2 aromatic rings. The Bertz CT molecular complexity index is 868. The van der Waals surface area contributed by atoms with Crippen molar-refractivity contribution in [1.82, 2.24) is 10.3 Å². The highest BCUT2D eigenvalue weighted by Crippen LogP contribution is 2.35. The van der Waals surface area contributed by atoms with Crippen molar-refractivity contribution in [1.29, 1.82) is 0 Å². The van der Waals surface area contributed by atoms with Crippen molar-refractivity contribution in [3.05, 3.63) is 35.0 Å². The number of rotatable bonds is 7. The minimum absolute atomic E-state index is 0.0260. The highest BCUT2D eigenvalue weighted by molar-refractivity contribution is 6.34. The van der Waals surface area contributed by atoms with Gasteiger partial charge in [0.25, 0.3) is 5.91 Å². The Hall–Kier alpha value is -2.14. The molecule has 1 aliphatic heterocycles. The number of carbonyl (C=O) groups is 2. The lowest BCUT2D eigenvalue weighted by Crippen LogP contribution is -2.45. The summed E-state index contributed by atoms with van der Waals surface area (Å²) in [6.45, 7) is 6.74. The lowest BCUT2D eigenvalue weighted by Gasteiger charge is -2.41. The molecule has 1 unspecified atom stereocenters. The molecule has 0 bridgehead atoms. The first kappa shape index (κ1) is 19.6. The molecule has 0 aliphatic carbocycles. The van der Waals surface area contributed by atoms with E-state index in [1.807, 2.05) is 12.1 Å². The molecule has 1 fully saturated rings. The van der Waals surface area contributed by atoms with E-state index in [9.17, 15) is 9.59 Å². The molecule has 0 spiro atoms. The van der Waals surface area contributed by atoms with Gasteiger partial charge in [0, 0.05) is 24.2 Å². The summed E-state index contributed by atoms with van der Waals surface area (Å²) in [7, 11) is 0. The number of amides is 1. The zero-order valence-electron chi connectivity index (χ0n) is 16.1. The highest BCUT2D eigenvalue weighted by atomic mass is 35.5. The first-order valence-electron chi connectivity index (χ1n) is 9.58. The SMILES string of the molecule is CCCC[C@H](NC(=O)c1cnc2cc(N3CCC3C)c(Cl)cc2c1)C(C)=O. The zero-order chi connectivity index (χ0) is 19.6. The van der Waals surface area contributed by atoms with Gasteiger partial charge in [-0.3, -0.25) is 14.6 Å². The van der Waals surface area contributed by atoms with E-state index in [4.69, 9.17) is 11.6 Å². The summed E-state index contributed by atoms with van der Waals surface area (Å²) in [4.78, 5) is 31.1. The van der Waals surface area contributed by atoms with Crippen molar-refractivity contribution in [3.63, 3.8) is 0 Å². The molecule has 1 aromatic carbocycles. The Balaban J connectivity index is 1.82. The maximum absolute atomic E-state index is 12.6. The predicted molar refractivity (Wildman–Crippen MR) is 110 cm³/mol. The average Bonchev–Trinajstić information content (AvgIpc) is 2.63. The van der Waals surface area contributed by atoms with Gasteiger partial charge >= 0.3 is 0 Å². The smallest absolute Gasteiger partial charge is 0.253 e. The number of halogens is 1. The third-order valence-electron chi connectivity index (χ3n) is 5.28. The standard InChI is InChI=1S/C21H26ClN3O2/c1-4-5-6-18(14(3)26)24-21(27)16-9-15-10-17(22)20(11-19(15)23-12-16)25-8-7-13(25)2/h9-13,18H,4-8H2,1-3H3,(H,24,27)/t13?,18-/m0/s1. The first-order chi connectivity index (χ1) is 12.9. The van der Waals surface area contributed by atoms with E-state index in [-0.39, 0.29) is 11.7 Å². The van der Waals surface area contributed by atoms with E-state index in [1.165, 1.54) is 6.92 Å². The van der Waals surface area contributed by atoms with E-state index in [2.05, 4.69) is 29.0 Å². The Kier molecular flexibility index (Phi) is 6.00. The summed E-state index contributed by atoms with van der Waals surface area (Å²) in [6, 6.07) is 5.66. The van der Waals surface area contributed by atoms with Gasteiger partial charge in [0.15, 0.2) is 5.78 Å². The minimum Gasteiger partial charge on any atom is -0.367 e. The number of benzene rings is 1. The van der Waals surface area contributed by atoms with Crippen LogP contribution in [-0.4, -0.2) is 35.3 Å². The molecule has 1 aromatic heterocycles. The van der Waals surface area contributed by atoms with Crippen molar-refractivity contribution in [3.8, 4) is 0 Å². The molecule has 5 nitrogen and oxygen atoms in total. The van der Waals surface area contributed by atoms with Crippen molar-refractivity contribution in [2.24, 2.45) is 0 Å². The quantitative estimate of drug-likeness (QED) is 0.766. The number of pyridine rings is 1. The summed E-state index contributed by atoms with van der Waals surface area (Å²) in [5.74, 6) is -0.306. The van der Waals surface area contributed by atoms with Gasteiger partial charge in [-0.25, -0.2) is 0 Å². The number of hydrogen-bond donors (Lipinski definition) is 1. The van der Waals surface area contributed by atoms with Crippen LogP contribution >= 0.6 is 11.6 Å². The third kappa shape index (κ3) is 4.24. The summed E-state index contributed by atoms with van der Waals surface area (Å²) < 4.78 is 0. The van der Waals surface area contributed by atoms with E-state index in [0.29, 0.717) is 23.0 Å². The Morgan fingerprint density at radius 3 is 2.74 bits per heavy atom. The topological polar surface area (TPSA) is 62.3 Å². The van der Waals surface area contributed by atoms with Crippen molar-refractivity contribution < 1.29 is 9.59 Å². The van der Waals surface area contributed by atoms with Crippen LogP contribution in [0.25, 0.3) is 10.9 Å². The summed E-state index contributed by atoms with van der Waals surface area (Å²) in [5.41, 5.74) is 2.23. The lowest BCUT2D eigenvalue weighted by molar-refractivity contribution is -0.119. The van der Waals surface area contributed by atoms with Gasteiger partial charge in [0.05, 0.1) is 27.8 Å². The van der Waals surface area contributed by atoms with Crippen LogP contribution in [-0.2, 0) is 4.79 Å². The molecular weight excluding hydrogens is 362 g/mol. The summed E-state index contributed by atoms with van der Waals surface area (Å²) in [5, 5.41) is 4.31. The van der Waals surface area contributed by atoms with Crippen LogP contribution in [0.2, 0.25) is 5.02 Å². The Morgan fingerprint density at radius 2 is 2.15 bits per heavy atom. The molecule has 0 saturated carbocycles. The molecular formula is C21H26ClN3O2. The maximum Gasteiger partial charge on any atom is 0.253 e. The van der Waals surface area contributed by atoms with Crippen LogP contribution in [0.4, 0.5) is 5.69 Å². The number of fused-ring (bicyclic) bond motifs is 1. The molecule has 1 N–H and O–H groups in total.